The molecule has 0 aromatic heterocycles. The van der Waals surface area contributed by atoms with Crippen molar-refractivity contribution in [3.05, 3.63) is 68.3 Å². The highest BCUT2D eigenvalue weighted by Crippen LogP contribution is 2.24. The highest BCUT2D eigenvalue weighted by atomic mass is 127. The number of methoxy groups -OCH3 is 1. The van der Waals surface area contributed by atoms with Gasteiger partial charge in [0, 0.05) is 5.56 Å². The number of nitrogens with zero attached hydrogens (tertiary/aromatic N) is 2. The molecule has 5 nitrogen and oxygen atoms in total. The lowest BCUT2D eigenvalue weighted by atomic mass is 10.1. The number of nitriles is 2. The molecule has 0 bridgehead atoms. The van der Waals surface area contributed by atoms with Crippen LogP contribution in [0.4, 0.5) is 0 Å². The summed E-state index contributed by atoms with van der Waals surface area (Å²) in [7, 11) is 1.23. The Morgan fingerprint density at radius 3 is 2.64 bits per heavy atom. The maximum atomic E-state index is 11.5. The Morgan fingerprint density at radius 1 is 1.24 bits per heavy atom. The Labute approximate surface area is 159 Å². The van der Waals surface area contributed by atoms with Crippen molar-refractivity contribution in [2.75, 3.05) is 7.11 Å². The SMILES string of the molecule is COC(=O)/C(C#N)=C/c1ccc(OCc2ccccc2C#N)c(I)c1. The highest BCUT2D eigenvalue weighted by Gasteiger charge is 2.10. The van der Waals surface area contributed by atoms with Crippen molar-refractivity contribution in [3.8, 4) is 17.9 Å². The summed E-state index contributed by atoms with van der Waals surface area (Å²) in [6.07, 6.45) is 1.46. The smallest absolute Gasteiger partial charge is 0.348 e. The molecule has 0 aliphatic heterocycles. The Kier molecular flexibility index (Phi) is 6.55. The number of carbonyl (C=O) groups is 1. The van der Waals surface area contributed by atoms with Gasteiger partial charge in [0.25, 0.3) is 0 Å². The van der Waals surface area contributed by atoms with Crippen molar-refractivity contribution < 1.29 is 14.3 Å². The Morgan fingerprint density at radius 2 is 2.00 bits per heavy atom. The molecular weight excluding hydrogens is 431 g/mol. The second kappa shape index (κ2) is 8.86. The molecule has 0 unspecified atom stereocenters. The van der Waals surface area contributed by atoms with E-state index in [1.54, 1.807) is 30.3 Å². The van der Waals surface area contributed by atoms with E-state index in [0.717, 1.165) is 9.13 Å². The van der Waals surface area contributed by atoms with E-state index < -0.39 is 5.97 Å². The van der Waals surface area contributed by atoms with Crippen LogP contribution in [0, 0.1) is 26.2 Å². The molecule has 0 fully saturated rings. The normalized spacial score (nSPS) is 10.5. The summed E-state index contributed by atoms with van der Waals surface area (Å²) in [5, 5.41) is 18.1. The van der Waals surface area contributed by atoms with E-state index in [-0.39, 0.29) is 12.2 Å². The van der Waals surface area contributed by atoms with Crippen molar-refractivity contribution in [3.63, 3.8) is 0 Å². The minimum atomic E-state index is -0.675. The second-order valence-corrected chi connectivity index (χ2v) is 6.07. The van der Waals surface area contributed by atoms with Crippen LogP contribution in [0.25, 0.3) is 6.08 Å². The van der Waals surface area contributed by atoms with E-state index in [1.807, 2.05) is 18.2 Å². The van der Waals surface area contributed by atoms with Crippen LogP contribution in [0.5, 0.6) is 5.75 Å². The first kappa shape index (κ1) is 18.5. The van der Waals surface area contributed by atoms with Crippen molar-refractivity contribution in [1.29, 1.82) is 10.5 Å². The minimum absolute atomic E-state index is 0.0742. The lowest BCUT2D eigenvalue weighted by Gasteiger charge is -2.10. The average Bonchev–Trinajstić information content (AvgIpc) is 2.65. The van der Waals surface area contributed by atoms with Gasteiger partial charge in [-0.3, -0.25) is 0 Å². The van der Waals surface area contributed by atoms with Crippen LogP contribution in [-0.4, -0.2) is 13.1 Å². The third-order valence-corrected chi connectivity index (χ3v) is 4.16. The van der Waals surface area contributed by atoms with Gasteiger partial charge in [-0.2, -0.15) is 10.5 Å². The third-order valence-electron chi connectivity index (χ3n) is 3.31. The maximum absolute atomic E-state index is 11.5. The van der Waals surface area contributed by atoms with Crippen LogP contribution in [0.15, 0.2) is 48.0 Å². The molecule has 2 aromatic rings. The number of esters is 1. The molecule has 0 atom stereocenters. The van der Waals surface area contributed by atoms with Gasteiger partial charge in [-0.15, -0.1) is 0 Å². The zero-order valence-corrected chi connectivity index (χ0v) is 15.5. The van der Waals surface area contributed by atoms with Gasteiger partial charge in [0.15, 0.2) is 0 Å². The summed E-state index contributed by atoms with van der Waals surface area (Å²) in [5.74, 6) is -0.0204. The fraction of sp³-hybridized carbons (Fsp3) is 0.105. The molecule has 0 saturated carbocycles. The molecule has 0 radical (unpaired) electrons. The van der Waals surface area contributed by atoms with Crippen LogP contribution in [-0.2, 0) is 16.1 Å². The zero-order chi connectivity index (χ0) is 18.2. The van der Waals surface area contributed by atoms with E-state index >= 15 is 0 Å². The number of ether oxygens (including phenoxy) is 2. The molecule has 0 aliphatic carbocycles. The molecule has 6 heteroatoms. The molecule has 0 amide bonds. The molecule has 0 N–H and O–H groups in total. The molecular formula is C19H13IN2O3. The van der Waals surface area contributed by atoms with Crippen molar-refractivity contribution in [2.45, 2.75) is 6.61 Å². The van der Waals surface area contributed by atoms with Crippen LogP contribution in [0.1, 0.15) is 16.7 Å². The van der Waals surface area contributed by atoms with E-state index in [1.165, 1.54) is 13.2 Å². The van der Waals surface area contributed by atoms with Crippen molar-refractivity contribution in [1.82, 2.24) is 0 Å². The van der Waals surface area contributed by atoms with Crippen LogP contribution >= 0.6 is 22.6 Å². The number of carbonyl (C=O) groups excluding carboxylic acids is 1. The summed E-state index contributed by atoms with van der Waals surface area (Å²) in [5.41, 5.74) is 2.00. The summed E-state index contributed by atoms with van der Waals surface area (Å²) in [4.78, 5) is 11.5. The first-order chi connectivity index (χ1) is 12.1. The standard InChI is InChI=1S/C19H13IN2O3/c1-24-19(23)16(11-22)8-13-6-7-18(17(20)9-13)25-12-15-5-3-2-4-14(15)10-21/h2-9H,12H2,1H3/b16-8+. The number of hydrogen-bond acceptors (Lipinski definition) is 5. The molecule has 0 heterocycles. The van der Waals surface area contributed by atoms with Gasteiger partial charge in [0.05, 0.1) is 22.3 Å². The third kappa shape index (κ3) is 4.82. The number of benzene rings is 2. The zero-order valence-electron chi connectivity index (χ0n) is 13.3. The highest BCUT2D eigenvalue weighted by molar-refractivity contribution is 14.1. The van der Waals surface area contributed by atoms with Crippen LogP contribution in [0.3, 0.4) is 0 Å². The van der Waals surface area contributed by atoms with E-state index in [9.17, 15) is 4.79 Å². The molecule has 0 aliphatic rings. The van der Waals surface area contributed by atoms with E-state index in [2.05, 4.69) is 33.4 Å². The predicted octanol–water partition coefficient (Wildman–Crippen LogP) is 3.82. The van der Waals surface area contributed by atoms with Crippen LogP contribution < -0.4 is 4.74 Å². The molecule has 124 valence electrons. The Hall–Kier alpha value is -2.84. The van der Waals surface area contributed by atoms with E-state index in [4.69, 9.17) is 15.3 Å². The molecule has 2 aromatic carbocycles. The van der Waals surface area contributed by atoms with Gasteiger partial charge in [-0.1, -0.05) is 24.3 Å². The minimum Gasteiger partial charge on any atom is -0.488 e. The van der Waals surface area contributed by atoms with E-state index in [0.29, 0.717) is 16.9 Å². The maximum Gasteiger partial charge on any atom is 0.348 e. The Bertz CT molecular complexity index is 908. The average molecular weight is 444 g/mol. The van der Waals surface area contributed by atoms with Gasteiger partial charge < -0.3 is 9.47 Å². The fourth-order valence-electron chi connectivity index (χ4n) is 2.05. The fourth-order valence-corrected chi connectivity index (χ4v) is 2.74. The van der Waals surface area contributed by atoms with Gasteiger partial charge in [-0.05, 0) is 52.4 Å². The van der Waals surface area contributed by atoms with Crippen molar-refractivity contribution >= 4 is 34.6 Å². The first-order valence-corrected chi connectivity index (χ1v) is 8.27. The van der Waals surface area contributed by atoms with Gasteiger partial charge >= 0.3 is 5.97 Å². The number of rotatable bonds is 5. The first-order valence-electron chi connectivity index (χ1n) is 7.19. The van der Waals surface area contributed by atoms with Gasteiger partial charge in [0.1, 0.15) is 24.0 Å². The predicted molar refractivity (Wildman–Crippen MR) is 100 cm³/mol. The second-order valence-electron chi connectivity index (χ2n) is 4.91. The van der Waals surface area contributed by atoms with Gasteiger partial charge in [0.2, 0.25) is 0 Å². The monoisotopic (exact) mass is 444 g/mol. The molecule has 2 rings (SSSR count). The molecule has 0 saturated heterocycles. The molecule has 0 spiro atoms. The van der Waals surface area contributed by atoms with Gasteiger partial charge in [-0.25, -0.2) is 4.79 Å². The molecule has 25 heavy (non-hydrogen) atoms. The lowest BCUT2D eigenvalue weighted by Crippen LogP contribution is -2.02. The quantitative estimate of drug-likeness (QED) is 0.303. The van der Waals surface area contributed by atoms with Crippen LogP contribution in [0.2, 0.25) is 0 Å². The summed E-state index contributed by atoms with van der Waals surface area (Å²) >= 11 is 2.11. The largest absolute Gasteiger partial charge is 0.488 e. The lowest BCUT2D eigenvalue weighted by molar-refractivity contribution is -0.135. The topological polar surface area (TPSA) is 83.1 Å². The number of halogens is 1. The summed E-state index contributed by atoms with van der Waals surface area (Å²) in [6.45, 7) is 0.278. The number of hydrogen-bond donors (Lipinski definition) is 0. The summed E-state index contributed by atoms with van der Waals surface area (Å²) < 4.78 is 11.2. The van der Waals surface area contributed by atoms with Crippen molar-refractivity contribution in [2.24, 2.45) is 0 Å². The Balaban J connectivity index is 2.18. The summed E-state index contributed by atoms with van der Waals surface area (Å²) in [6, 6.07) is 16.5.